The van der Waals surface area contributed by atoms with Gasteiger partial charge >= 0.3 is 0 Å². The second kappa shape index (κ2) is 5.84. The molecule has 0 amide bonds. The summed E-state index contributed by atoms with van der Waals surface area (Å²) in [6, 6.07) is 9.92. The number of pyridine rings is 1. The Morgan fingerprint density at radius 1 is 1.15 bits per heavy atom. The van der Waals surface area contributed by atoms with Gasteiger partial charge in [0.15, 0.2) is 0 Å². The summed E-state index contributed by atoms with van der Waals surface area (Å²) in [4.78, 5) is 4.26. The monoisotopic (exact) mass is 289 g/mol. The molecule has 0 fully saturated rings. The summed E-state index contributed by atoms with van der Waals surface area (Å²) in [5.41, 5.74) is 3.26. The molecule has 0 spiro atoms. The van der Waals surface area contributed by atoms with Crippen LogP contribution in [0.15, 0.2) is 36.5 Å². The van der Waals surface area contributed by atoms with Crippen LogP contribution >= 0.6 is 11.6 Å². The van der Waals surface area contributed by atoms with Crippen molar-refractivity contribution >= 4 is 11.6 Å². The molecule has 0 saturated heterocycles. The topological polar surface area (TPSA) is 22.1 Å². The predicted octanol–water partition coefficient (Wildman–Crippen LogP) is 4.92. The Morgan fingerprint density at radius 3 is 2.55 bits per heavy atom. The molecule has 0 atom stereocenters. The first-order chi connectivity index (χ1) is 9.36. The molecule has 1 aromatic carbocycles. The number of hydrogen-bond donors (Lipinski definition) is 0. The number of benzene rings is 1. The Hall–Kier alpha value is -1.54. The van der Waals surface area contributed by atoms with Crippen LogP contribution in [0.1, 0.15) is 37.6 Å². The van der Waals surface area contributed by atoms with Crippen LogP contribution in [0.2, 0.25) is 5.02 Å². The predicted molar refractivity (Wildman–Crippen MR) is 83.5 cm³/mol. The Balaban J connectivity index is 2.22. The summed E-state index contributed by atoms with van der Waals surface area (Å²) >= 11 is 5.96. The van der Waals surface area contributed by atoms with Crippen LogP contribution in [0, 0.1) is 6.92 Å². The number of aryl methyl sites for hydroxylation is 1. The molecule has 20 heavy (non-hydrogen) atoms. The fourth-order valence-corrected chi connectivity index (χ4v) is 2.23. The summed E-state index contributed by atoms with van der Waals surface area (Å²) in [6.07, 6.45) is 1.70. The highest BCUT2D eigenvalue weighted by Gasteiger charge is 2.19. The summed E-state index contributed by atoms with van der Waals surface area (Å²) in [6.45, 7) is 9.04. The van der Waals surface area contributed by atoms with Gasteiger partial charge in [0.1, 0.15) is 12.4 Å². The molecule has 3 heteroatoms. The van der Waals surface area contributed by atoms with Gasteiger partial charge in [0.05, 0.1) is 5.69 Å². The summed E-state index contributed by atoms with van der Waals surface area (Å²) in [5, 5.41) is 0.680. The van der Waals surface area contributed by atoms with Gasteiger partial charge in [0.25, 0.3) is 0 Å². The maximum atomic E-state index is 5.96. The lowest BCUT2D eigenvalue weighted by molar-refractivity contribution is 0.293. The molecule has 0 unspecified atom stereocenters. The maximum Gasteiger partial charge on any atom is 0.130 e. The summed E-state index contributed by atoms with van der Waals surface area (Å²) < 4.78 is 5.96. The van der Waals surface area contributed by atoms with Gasteiger partial charge in [-0.2, -0.15) is 0 Å². The van der Waals surface area contributed by atoms with Crippen LogP contribution in [-0.4, -0.2) is 4.98 Å². The van der Waals surface area contributed by atoms with Crippen molar-refractivity contribution in [2.75, 3.05) is 0 Å². The van der Waals surface area contributed by atoms with Gasteiger partial charge in [-0.25, -0.2) is 0 Å². The zero-order chi connectivity index (χ0) is 14.8. The van der Waals surface area contributed by atoms with Crippen molar-refractivity contribution in [1.29, 1.82) is 0 Å². The van der Waals surface area contributed by atoms with E-state index in [1.54, 1.807) is 12.3 Å². The normalized spacial score (nSPS) is 11.4. The van der Waals surface area contributed by atoms with Crippen molar-refractivity contribution in [2.24, 2.45) is 0 Å². The van der Waals surface area contributed by atoms with Crippen molar-refractivity contribution in [3.8, 4) is 5.75 Å². The van der Waals surface area contributed by atoms with E-state index >= 15 is 0 Å². The van der Waals surface area contributed by atoms with Gasteiger partial charge in [-0.1, -0.05) is 44.5 Å². The molecule has 0 aliphatic rings. The lowest BCUT2D eigenvalue weighted by Crippen LogP contribution is -2.13. The number of halogens is 1. The van der Waals surface area contributed by atoms with E-state index in [2.05, 4.69) is 50.9 Å². The number of hydrogen-bond acceptors (Lipinski definition) is 2. The van der Waals surface area contributed by atoms with Crippen LogP contribution in [0.3, 0.4) is 0 Å². The van der Waals surface area contributed by atoms with Crippen molar-refractivity contribution in [2.45, 2.75) is 39.7 Å². The first-order valence-corrected chi connectivity index (χ1v) is 7.08. The first kappa shape index (κ1) is 14.9. The van der Waals surface area contributed by atoms with E-state index in [1.165, 1.54) is 11.1 Å². The van der Waals surface area contributed by atoms with Crippen LogP contribution in [-0.2, 0) is 12.0 Å². The molecule has 1 aromatic heterocycles. The summed E-state index contributed by atoms with van der Waals surface area (Å²) in [5.74, 6) is 0.916. The molecule has 0 N–H and O–H groups in total. The molecule has 0 aliphatic heterocycles. The minimum Gasteiger partial charge on any atom is -0.487 e. The smallest absolute Gasteiger partial charge is 0.130 e. The molecule has 0 bridgehead atoms. The van der Waals surface area contributed by atoms with Crippen molar-refractivity contribution in [3.63, 3.8) is 0 Å². The Kier molecular flexibility index (Phi) is 4.34. The highest BCUT2D eigenvalue weighted by molar-refractivity contribution is 6.30. The molecule has 1 heterocycles. The highest BCUT2D eigenvalue weighted by atomic mass is 35.5. The van der Waals surface area contributed by atoms with Gasteiger partial charge in [-0.05, 0) is 41.7 Å². The number of rotatable bonds is 3. The quantitative estimate of drug-likeness (QED) is 0.800. The molecular formula is C17H20ClNO. The third-order valence-electron chi connectivity index (χ3n) is 3.10. The molecule has 2 aromatic rings. The third-order valence-corrected chi connectivity index (χ3v) is 3.33. The second-order valence-electron chi connectivity index (χ2n) is 6.00. The Morgan fingerprint density at radius 2 is 1.90 bits per heavy atom. The standard InChI is InChI=1S/C17H20ClNO/c1-12-5-6-15(17(2,3)4)16(9-12)20-11-14-10-13(18)7-8-19-14/h5-10H,11H2,1-4H3. The van der Waals surface area contributed by atoms with Gasteiger partial charge in [-0.15, -0.1) is 0 Å². The Labute approximate surface area is 125 Å². The SMILES string of the molecule is Cc1ccc(C(C)(C)C)c(OCc2cc(Cl)ccn2)c1. The molecule has 0 saturated carbocycles. The van der Waals surface area contributed by atoms with Crippen LogP contribution < -0.4 is 4.74 Å². The zero-order valence-electron chi connectivity index (χ0n) is 12.4. The second-order valence-corrected chi connectivity index (χ2v) is 6.44. The lowest BCUT2D eigenvalue weighted by atomic mass is 9.86. The van der Waals surface area contributed by atoms with Crippen molar-refractivity contribution < 1.29 is 4.74 Å². The minimum atomic E-state index is 0.0464. The number of nitrogens with zero attached hydrogens (tertiary/aromatic N) is 1. The van der Waals surface area contributed by atoms with Gasteiger partial charge in [0, 0.05) is 11.2 Å². The van der Waals surface area contributed by atoms with E-state index in [0.29, 0.717) is 11.6 Å². The molecule has 0 aliphatic carbocycles. The highest BCUT2D eigenvalue weighted by Crippen LogP contribution is 2.32. The van der Waals surface area contributed by atoms with Gasteiger partial charge < -0.3 is 4.74 Å². The largest absolute Gasteiger partial charge is 0.487 e. The molecule has 106 valence electrons. The van der Waals surface area contributed by atoms with Crippen LogP contribution in [0.4, 0.5) is 0 Å². The maximum absolute atomic E-state index is 5.96. The molecule has 2 nitrogen and oxygen atoms in total. The number of ether oxygens (including phenoxy) is 1. The molecule has 2 rings (SSSR count). The Bertz CT molecular complexity index is 602. The third kappa shape index (κ3) is 3.73. The fourth-order valence-electron chi connectivity index (χ4n) is 2.05. The average Bonchev–Trinajstić information content (AvgIpc) is 2.35. The van der Waals surface area contributed by atoms with E-state index < -0.39 is 0 Å². The van der Waals surface area contributed by atoms with Crippen molar-refractivity contribution in [1.82, 2.24) is 4.98 Å². The van der Waals surface area contributed by atoms with Crippen molar-refractivity contribution in [3.05, 3.63) is 58.4 Å². The van der Waals surface area contributed by atoms with E-state index in [0.717, 1.165) is 11.4 Å². The van der Waals surface area contributed by atoms with Gasteiger partial charge in [0.2, 0.25) is 0 Å². The lowest BCUT2D eigenvalue weighted by Gasteiger charge is -2.23. The van der Waals surface area contributed by atoms with E-state index in [-0.39, 0.29) is 5.41 Å². The summed E-state index contributed by atoms with van der Waals surface area (Å²) in [7, 11) is 0. The average molecular weight is 290 g/mol. The first-order valence-electron chi connectivity index (χ1n) is 6.70. The van der Waals surface area contributed by atoms with E-state index in [4.69, 9.17) is 16.3 Å². The fraction of sp³-hybridized carbons (Fsp3) is 0.353. The van der Waals surface area contributed by atoms with E-state index in [1.807, 2.05) is 6.07 Å². The van der Waals surface area contributed by atoms with E-state index in [9.17, 15) is 0 Å². The minimum absolute atomic E-state index is 0.0464. The molecular weight excluding hydrogens is 270 g/mol. The molecule has 0 radical (unpaired) electrons. The van der Waals surface area contributed by atoms with Crippen LogP contribution in [0.5, 0.6) is 5.75 Å². The zero-order valence-corrected chi connectivity index (χ0v) is 13.2. The van der Waals surface area contributed by atoms with Gasteiger partial charge in [-0.3, -0.25) is 4.98 Å². The number of aromatic nitrogens is 1. The van der Waals surface area contributed by atoms with Crippen LogP contribution in [0.25, 0.3) is 0 Å².